The van der Waals surface area contributed by atoms with Gasteiger partial charge < -0.3 is 4.98 Å². The zero-order valence-corrected chi connectivity index (χ0v) is 18.0. The molecule has 5 aromatic rings. The van der Waals surface area contributed by atoms with Crippen LogP contribution in [0.25, 0.3) is 45.0 Å². The predicted molar refractivity (Wildman–Crippen MR) is 130 cm³/mol. The molecule has 0 amide bonds. The van der Waals surface area contributed by atoms with Gasteiger partial charge in [-0.2, -0.15) is 0 Å². The molecule has 4 aromatic carbocycles. The van der Waals surface area contributed by atoms with Gasteiger partial charge in [0.2, 0.25) is 0 Å². The third-order valence-corrected chi connectivity index (χ3v) is 5.78. The molecule has 0 saturated heterocycles. The van der Waals surface area contributed by atoms with Gasteiger partial charge in [0.15, 0.2) is 0 Å². The molecule has 1 aromatic heterocycles. The van der Waals surface area contributed by atoms with Gasteiger partial charge in [0.05, 0.1) is 11.4 Å². The summed E-state index contributed by atoms with van der Waals surface area (Å²) in [5.41, 5.74) is 6.85. The number of hydrogen-bond donors (Lipinski definition) is 1. The van der Waals surface area contributed by atoms with Crippen molar-refractivity contribution in [3.8, 4) is 45.0 Å². The summed E-state index contributed by atoms with van der Waals surface area (Å²) >= 11 is 12.8. The number of aromatic amines is 1. The van der Waals surface area contributed by atoms with Gasteiger partial charge in [0, 0.05) is 32.3 Å². The van der Waals surface area contributed by atoms with Crippen molar-refractivity contribution in [3.05, 3.63) is 113 Å². The van der Waals surface area contributed by atoms with E-state index in [0.29, 0.717) is 10.0 Å². The molecule has 0 radical (unpaired) electrons. The van der Waals surface area contributed by atoms with Crippen LogP contribution >= 0.6 is 23.2 Å². The molecule has 150 valence electrons. The average molecular weight is 441 g/mol. The number of aromatic nitrogens is 2. The number of halogens is 2. The Morgan fingerprint density at radius 2 is 1.19 bits per heavy atom. The number of benzene rings is 4. The summed E-state index contributed by atoms with van der Waals surface area (Å²) in [6, 6.07) is 34.1. The van der Waals surface area contributed by atoms with Gasteiger partial charge in [-0.05, 0) is 23.8 Å². The molecule has 0 aliphatic carbocycles. The van der Waals surface area contributed by atoms with Crippen LogP contribution in [0, 0.1) is 0 Å². The number of rotatable bonds is 4. The lowest BCUT2D eigenvalue weighted by atomic mass is 9.99. The highest BCUT2D eigenvalue weighted by Crippen LogP contribution is 2.39. The fraction of sp³-hybridized carbons (Fsp3) is 0. The lowest BCUT2D eigenvalue weighted by molar-refractivity contribution is 1.31. The number of H-pyrrole nitrogens is 1. The van der Waals surface area contributed by atoms with Crippen LogP contribution < -0.4 is 0 Å². The first-order valence-electron chi connectivity index (χ1n) is 9.96. The highest BCUT2D eigenvalue weighted by Gasteiger charge is 2.18. The summed E-state index contributed by atoms with van der Waals surface area (Å²) in [4.78, 5) is 8.60. The zero-order chi connectivity index (χ0) is 21.2. The molecule has 5 rings (SSSR count). The van der Waals surface area contributed by atoms with Gasteiger partial charge in [-0.25, -0.2) is 4.98 Å². The van der Waals surface area contributed by atoms with Crippen molar-refractivity contribution in [2.45, 2.75) is 0 Å². The first-order valence-corrected chi connectivity index (χ1v) is 10.7. The molecule has 0 unspecified atom stereocenters. The van der Waals surface area contributed by atoms with Crippen LogP contribution in [-0.2, 0) is 0 Å². The Hall–Kier alpha value is -3.33. The lowest BCUT2D eigenvalue weighted by Gasteiger charge is -2.10. The molecule has 31 heavy (non-hydrogen) atoms. The van der Waals surface area contributed by atoms with Gasteiger partial charge >= 0.3 is 0 Å². The maximum atomic E-state index is 6.53. The van der Waals surface area contributed by atoms with Crippen molar-refractivity contribution in [3.63, 3.8) is 0 Å². The number of nitrogens with one attached hydrogen (secondary N) is 1. The van der Waals surface area contributed by atoms with Gasteiger partial charge in [-0.3, -0.25) is 0 Å². The van der Waals surface area contributed by atoms with Crippen LogP contribution in [0.2, 0.25) is 10.0 Å². The van der Waals surface area contributed by atoms with E-state index in [2.05, 4.69) is 35.3 Å². The Balaban J connectivity index is 1.73. The third-order valence-electron chi connectivity index (χ3n) is 5.21. The summed E-state index contributed by atoms with van der Waals surface area (Å²) in [5, 5.41) is 1.29. The summed E-state index contributed by atoms with van der Waals surface area (Å²) in [5.74, 6) is 0.782. The third kappa shape index (κ3) is 3.88. The standard InChI is InChI=1S/C27H18Cl2N2/c28-20-15-16-24(29)23(17-20)21-13-7-8-14-22(21)27-30-25(18-9-3-1-4-10-18)26(31-27)19-11-5-2-6-12-19/h1-17H,(H,30,31). The highest BCUT2D eigenvalue weighted by molar-refractivity contribution is 6.35. The predicted octanol–water partition coefficient (Wildman–Crippen LogP) is 8.38. The Morgan fingerprint density at radius 1 is 0.581 bits per heavy atom. The molecule has 0 atom stereocenters. The SMILES string of the molecule is Clc1ccc(Cl)c(-c2ccccc2-c2nc(-c3ccccc3)c(-c3ccccc3)[nH]2)c1. The second kappa shape index (κ2) is 8.43. The number of hydrogen-bond acceptors (Lipinski definition) is 1. The van der Waals surface area contributed by atoms with E-state index >= 15 is 0 Å². The fourth-order valence-corrected chi connectivity index (χ4v) is 4.14. The van der Waals surface area contributed by atoms with E-state index in [9.17, 15) is 0 Å². The van der Waals surface area contributed by atoms with Crippen LogP contribution in [0.3, 0.4) is 0 Å². The average Bonchev–Trinajstić information content (AvgIpc) is 3.27. The summed E-state index contributed by atoms with van der Waals surface area (Å²) < 4.78 is 0. The van der Waals surface area contributed by atoms with Gasteiger partial charge in [-0.15, -0.1) is 0 Å². The van der Waals surface area contributed by atoms with Gasteiger partial charge in [0.25, 0.3) is 0 Å². The molecular formula is C27H18Cl2N2. The van der Waals surface area contributed by atoms with Crippen LogP contribution in [-0.4, -0.2) is 9.97 Å². The second-order valence-corrected chi connectivity index (χ2v) is 8.05. The van der Waals surface area contributed by atoms with Crippen molar-refractivity contribution in [1.29, 1.82) is 0 Å². The smallest absolute Gasteiger partial charge is 0.139 e. The first kappa shape index (κ1) is 19.6. The maximum absolute atomic E-state index is 6.53. The minimum Gasteiger partial charge on any atom is -0.337 e. The van der Waals surface area contributed by atoms with Crippen molar-refractivity contribution in [2.24, 2.45) is 0 Å². The number of imidazole rings is 1. The van der Waals surface area contributed by atoms with E-state index in [4.69, 9.17) is 28.2 Å². The first-order chi connectivity index (χ1) is 15.2. The Labute approximate surface area is 191 Å². The molecule has 0 fully saturated rings. The lowest BCUT2D eigenvalue weighted by Crippen LogP contribution is -1.88. The molecule has 0 bridgehead atoms. The van der Waals surface area contributed by atoms with Crippen molar-refractivity contribution in [2.75, 3.05) is 0 Å². The van der Waals surface area contributed by atoms with Gasteiger partial charge in [0.1, 0.15) is 5.82 Å². The Kier molecular flexibility index (Phi) is 5.33. The van der Waals surface area contributed by atoms with Crippen LogP contribution in [0.4, 0.5) is 0 Å². The maximum Gasteiger partial charge on any atom is 0.139 e. The monoisotopic (exact) mass is 440 g/mol. The molecule has 0 aliphatic rings. The van der Waals surface area contributed by atoms with E-state index in [1.165, 1.54) is 0 Å². The molecule has 4 heteroatoms. The number of nitrogens with zero attached hydrogens (tertiary/aromatic N) is 1. The molecule has 0 aliphatic heterocycles. The topological polar surface area (TPSA) is 28.7 Å². The molecule has 0 saturated carbocycles. The quantitative estimate of drug-likeness (QED) is 0.298. The van der Waals surface area contributed by atoms with Crippen molar-refractivity contribution in [1.82, 2.24) is 9.97 Å². The fourth-order valence-electron chi connectivity index (χ4n) is 3.75. The van der Waals surface area contributed by atoms with E-state index in [0.717, 1.165) is 45.0 Å². The molecular weight excluding hydrogens is 423 g/mol. The Morgan fingerprint density at radius 3 is 1.90 bits per heavy atom. The largest absolute Gasteiger partial charge is 0.337 e. The minimum absolute atomic E-state index is 0.642. The molecule has 1 heterocycles. The molecule has 2 nitrogen and oxygen atoms in total. The van der Waals surface area contributed by atoms with Gasteiger partial charge in [-0.1, -0.05) is 108 Å². The molecule has 1 N–H and O–H groups in total. The van der Waals surface area contributed by atoms with Crippen LogP contribution in [0.15, 0.2) is 103 Å². The summed E-state index contributed by atoms with van der Waals surface area (Å²) in [6.45, 7) is 0. The summed E-state index contributed by atoms with van der Waals surface area (Å²) in [6.07, 6.45) is 0. The van der Waals surface area contributed by atoms with Crippen molar-refractivity contribution >= 4 is 23.2 Å². The van der Waals surface area contributed by atoms with Crippen LogP contribution in [0.5, 0.6) is 0 Å². The highest BCUT2D eigenvalue weighted by atomic mass is 35.5. The van der Waals surface area contributed by atoms with E-state index < -0.39 is 0 Å². The van der Waals surface area contributed by atoms with Crippen molar-refractivity contribution < 1.29 is 0 Å². The minimum atomic E-state index is 0.642. The normalized spacial score (nSPS) is 10.9. The Bertz CT molecular complexity index is 1290. The molecule has 0 spiro atoms. The van der Waals surface area contributed by atoms with E-state index in [1.54, 1.807) is 6.07 Å². The van der Waals surface area contributed by atoms with E-state index in [-0.39, 0.29) is 0 Å². The summed E-state index contributed by atoms with van der Waals surface area (Å²) in [7, 11) is 0. The zero-order valence-electron chi connectivity index (χ0n) is 16.5. The van der Waals surface area contributed by atoms with Crippen LogP contribution in [0.1, 0.15) is 0 Å². The second-order valence-electron chi connectivity index (χ2n) is 7.21. The van der Waals surface area contributed by atoms with E-state index in [1.807, 2.05) is 66.7 Å².